The summed E-state index contributed by atoms with van der Waals surface area (Å²) in [4.78, 5) is 56.1. The summed E-state index contributed by atoms with van der Waals surface area (Å²) in [5.41, 5.74) is 8.27. The number of anilines is 6. The molecule has 3 N–H and O–H groups in total. The number of halogens is 1. The number of imide groups is 1. The first kappa shape index (κ1) is 44.5. The van der Waals surface area contributed by atoms with Crippen molar-refractivity contribution in [1.82, 2.24) is 30.0 Å². The number of piperidine rings is 2. The number of aromatic nitrogens is 2. The lowest BCUT2D eigenvalue weighted by Gasteiger charge is -2.45. The van der Waals surface area contributed by atoms with Gasteiger partial charge < -0.3 is 30.1 Å². The lowest BCUT2D eigenvalue weighted by atomic mass is 9.71. The monoisotopic (exact) mass is 980 g/mol. The van der Waals surface area contributed by atoms with E-state index in [4.69, 9.17) is 9.72 Å². The summed E-state index contributed by atoms with van der Waals surface area (Å²) in [6.45, 7) is 10.4. The molecule has 6 aliphatic rings. The van der Waals surface area contributed by atoms with Crippen molar-refractivity contribution in [2.24, 2.45) is 5.92 Å². The molecule has 3 saturated heterocycles. The fraction of sp³-hybridized carbons (Fsp3) is 0.479. The second kappa shape index (κ2) is 18.1. The summed E-state index contributed by atoms with van der Waals surface area (Å²) < 4.78 is 33.2. The van der Waals surface area contributed by atoms with Crippen LogP contribution < -0.4 is 29.9 Å². The van der Waals surface area contributed by atoms with Crippen LogP contribution in [-0.4, -0.2) is 129 Å². The average molecular weight is 982 g/mol. The number of para-hydroxylation sites is 1. The van der Waals surface area contributed by atoms with Gasteiger partial charge in [0.2, 0.25) is 27.8 Å². The Balaban J connectivity index is 0.693. The predicted octanol–water partition coefficient (Wildman–Crippen LogP) is 5.91. The molecule has 0 radical (unpaired) electrons. The number of carbonyl (C=O) groups is 3. The van der Waals surface area contributed by atoms with Crippen LogP contribution in [0.3, 0.4) is 0 Å². The Morgan fingerprint density at radius 2 is 1.68 bits per heavy atom. The molecule has 1 saturated carbocycles. The predicted molar refractivity (Wildman–Crippen MR) is 258 cm³/mol. The maximum absolute atomic E-state index is 13.2. The zero-order chi connectivity index (χ0) is 45.9. The molecule has 18 heteroatoms. The summed E-state index contributed by atoms with van der Waals surface area (Å²) >= 11 is 3.57. The molecule has 3 aromatic carbocycles. The van der Waals surface area contributed by atoms with E-state index < -0.39 is 16.1 Å². The highest BCUT2D eigenvalue weighted by atomic mass is 79.9. The lowest BCUT2D eigenvalue weighted by Crippen LogP contribution is -2.54. The Morgan fingerprint density at radius 3 is 2.42 bits per heavy atom. The van der Waals surface area contributed by atoms with Crippen molar-refractivity contribution < 1.29 is 27.5 Å². The third kappa shape index (κ3) is 8.84. The van der Waals surface area contributed by atoms with E-state index in [2.05, 4.69) is 82.8 Å². The van der Waals surface area contributed by atoms with Crippen molar-refractivity contribution in [1.29, 1.82) is 0 Å². The van der Waals surface area contributed by atoms with E-state index in [-0.39, 0.29) is 24.1 Å². The van der Waals surface area contributed by atoms with Crippen molar-refractivity contribution in [3.8, 4) is 5.75 Å². The Hall–Kier alpha value is -5.30. The Kier molecular flexibility index (Phi) is 12.2. The molecule has 10 rings (SSSR count). The fourth-order valence-electron chi connectivity index (χ4n) is 11.1. The number of carbonyl (C=O) groups excluding carboxylic acids is 3. The highest BCUT2D eigenvalue weighted by Gasteiger charge is 2.40. The summed E-state index contributed by atoms with van der Waals surface area (Å²) in [5, 5.41) is 9.10. The van der Waals surface area contributed by atoms with E-state index in [1.54, 1.807) is 18.2 Å². The first-order chi connectivity index (χ1) is 31.8. The van der Waals surface area contributed by atoms with Crippen molar-refractivity contribution >= 4 is 78.2 Å². The van der Waals surface area contributed by atoms with Gasteiger partial charge >= 0.3 is 0 Å². The third-order valence-corrected chi connectivity index (χ3v) is 16.4. The maximum Gasteiger partial charge on any atom is 0.255 e. The molecule has 4 aromatic rings. The van der Waals surface area contributed by atoms with Gasteiger partial charge in [0.25, 0.3) is 5.91 Å². The van der Waals surface area contributed by atoms with E-state index in [0.29, 0.717) is 82.7 Å². The van der Waals surface area contributed by atoms with E-state index in [1.807, 2.05) is 24.3 Å². The number of nitrogens with one attached hydrogen (secondary N) is 3. The first-order valence-electron chi connectivity index (χ1n) is 23.1. The summed E-state index contributed by atoms with van der Waals surface area (Å²) in [6.07, 6.45) is 8.72. The number of methoxy groups -OCH3 is 1. The number of nitrogens with zero attached hydrogens (tertiary/aromatic N) is 7. The highest BCUT2D eigenvalue weighted by Crippen LogP contribution is 2.44. The molecule has 1 aliphatic carbocycles. The van der Waals surface area contributed by atoms with Crippen LogP contribution >= 0.6 is 15.9 Å². The van der Waals surface area contributed by atoms with Crippen molar-refractivity contribution in [3.63, 3.8) is 0 Å². The molecule has 348 valence electrons. The second-order valence-electron chi connectivity index (χ2n) is 18.8. The molecule has 6 heterocycles. The molecular weight excluding hydrogens is 925 g/mol. The van der Waals surface area contributed by atoms with Crippen LogP contribution in [0.5, 0.6) is 5.75 Å². The van der Waals surface area contributed by atoms with Crippen LogP contribution in [0.1, 0.15) is 77.1 Å². The van der Waals surface area contributed by atoms with E-state index in [0.717, 1.165) is 99.6 Å². The number of sulfonamides is 1. The number of rotatable bonds is 12. The SMILES string of the molecule is COc1cc(N2CCC(N3CCN(CC4CC(c5ccc6c(c5)CN(C5CCC(=O)NC5=O)C6=O)C4)CC3)CC2)c(C)cc1Nc1ncc(Br)c(Nc2cccc3c2N(S(C)(=O)=O)CC3)n1. The van der Waals surface area contributed by atoms with Gasteiger partial charge in [0.15, 0.2) is 0 Å². The number of ether oxygens (including phenoxy) is 1. The van der Waals surface area contributed by atoms with Crippen LogP contribution in [0, 0.1) is 12.8 Å². The van der Waals surface area contributed by atoms with Gasteiger partial charge in [0.05, 0.1) is 34.9 Å². The topological polar surface area (TPSA) is 173 Å². The molecule has 66 heavy (non-hydrogen) atoms. The number of hydrogen-bond donors (Lipinski definition) is 3. The Morgan fingerprint density at radius 1 is 0.894 bits per heavy atom. The van der Waals surface area contributed by atoms with Crippen LogP contribution in [0.4, 0.5) is 34.5 Å². The minimum Gasteiger partial charge on any atom is -0.494 e. The van der Waals surface area contributed by atoms with Gasteiger partial charge in [-0.3, -0.25) is 28.9 Å². The van der Waals surface area contributed by atoms with Gasteiger partial charge in [-0.2, -0.15) is 4.98 Å². The normalized spacial score (nSPS) is 22.8. The van der Waals surface area contributed by atoms with Crippen molar-refractivity contribution in [3.05, 3.63) is 87.0 Å². The third-order valence-electron chi connectivity index (χ3n) is 14.6. The van der Waals surface area contributed by atoms with Crippen LogP contribution in [0.2, 0.25) is 0 Å². The Bertz CT molecular complexity index is 2680. The molecule has 1 atom stereocenters. The van der Waals surface area contributed by atoms with Gasteiger partial charge in [-0.25, -0.2) is 13.4 Å². The van der Waals surface area contributed by atoms with Gasteiger partial charge in [0, 0.05) is 94.9 Å². The van der Waals surface area contributed by atoms with E-state index in [9.17, 15) is 22.8 Å². The highest BCUT2D eigenvalue weighted by molar-refractivity contribution is 9.10. The molecule has 0 spiro atoms. The molecule has 5 aliphatic heterocycles. The molecular formula is C48H57BrN10O6S. The van der Waals surface area contributed by atoms with Crippen molar-refractivity contribution in [2.75, 3.05) is 85.6 Å². The number of aryl methyl sites for hydroxylation is 1. The van der Waals surface area contributed by atoms with E-state index in [1.165, 1.54) is 16.1 Å². The smallest absolute Gasteiger partial charge is 0.255 e. The molecule has 4 fully saturated rings. The summed E-state index contributed by atoms with van der Waals surface area (Å²) in [6, 6.07) is 16.1. The van der Waals surface area contributed by atoms with Gasteiger partial charge in [-0.15, -0.1) is 0 Å². The minimum absolute atomic E-state index is 0.114. The molecule has 1 unspecified atom stereocenters. The minimum atomic E-state index is -3.44. The second-order valence-corrected chi connectivity index (χ2v) is 21.5. The largest absolute Gasteiger partial charge is 0.494 e. The van der Waals surface area contributed by atoms with Crippen LogP contribution in [0.15, 0.2) is 59.2 Å². The molecule has 0 bridgehead atoms. The molecule has 3 amide bonds. The number of benzene rings is 3. The zero-order valence-corrected chi connectivity index (χ0v) is 40.1. The van der Waals surface area contributed by atoms with Crippen molar-refractivity contribution in [2.45, 2.75) is 76.4 Å². The maximum atomic E-state index is 13.2. The first-order valence-corrected chi connectivity index (χ1v) is 25.8. The van der Waals surface area contributed by atoms with Crippen LogP contribution in [0.25, 0.3) is 0 Å². The fourth-order valence-corrected chi connectivity index (χ4v) is 12.3. The molecule has 1 aromatic heterocycles. The number of hydrogen-bond acceptors (Lipinski definition) is 13. The van der Waals surface area contributed by atoms with Gasteiger partial charge in [-0.05, 0) is 114 Å². The molecule has 16 nitrogen and oxygen atoms in total. The van der Waals surface area contributed by atoms with Gasteiger partial charge in [-0.1, -0.05) is 24.3 Å². The quantitative estimate of drug-likeness (QED) is 0.143. The lowest BCUT2D eigenvalue weighted by molar-refractivity contribution is -0.136. The van der Waals surface area contributed by atoms with E-state index >= 15 is 0 Å². The summed E-state index contributed by atoms with van der Waals surface area (Å²) in [5.74, 6) is 1.99. The zero-order valence-electron chi connectivity index (χ0n) is 37.7. The van der Waals surface area contributed by atoms with Gasteiger partial charge in [0.1, 0.15) is 17.6 Å². The average Bonchev–Trinajstić information content (AvgIpc) is 3.88. The van der Waals surface area contributed by atoms with Crippen LogP contribution in [-0.2, 0) is 32.6 Å². The Labute approximate surface area is 394 Å². The number of fused-ring (bicyclic) bond motifs is 2. The number of piperazine rings is 1. The standard InChI is InChI=1S/C48H57BrN10O6S/c1-29-21-39(52-48-50-26-37(49)45(54-48)51-38-6-4-5-31-11-16-59(44(31)38)66(3,63)64)42(65-2)25-41(29)57-14-12-35(13-15-57)56-19-17-55(18-20-56)27-30-22-33(23-30)32-7-8-36-34(24-32)28-58(47(36)62)40-9-10-43(60)53-46(40)61/h4-8,21,24-26,30,33,35,40H,9-20,22-23,27-28H2,1-3H3,(H,53,60,61)(H2,50,51,52,54). The number of amides is 3. The summed E-state index contributed by atoms with van der Waals surface area (Å²) in [7, 11) is -1.77.